The molecule has 2 saturated carbocycles. The van der Waals surface area contributed by atoms with E-state index in [1.165, 1.54) is 12.5 Å². The Hall–Kier alpha value is -1.38. The number of carbonyl (C=O) groups is 1. The Balaban J connectivity index is 1.72. The second-order valence-electron chi connectivity index (χ2n) is 5.89. The molecule has 0 unspecified atom stereocenters. The normalized spacial score (nSPS) is 21.9. The minimum absolute atomic E-state index is 0.125. The van der Waals surface area contributed by atoms with E-state index in [-0.39, 0.29) is 17.6 Å². The van der Waals surface area contributed by atoms with Crippen molar-refractivity contribution in [1.29, 1.82) is 0 Å². The SMILES string of the molecule is O=C(NC1(c2ccccc2F)CC1)C1CCCCC1. The molecular formula is C16H20FNO. The van der Waals surface area contributed by atoms with E-state index >= 15 is 0 Å². The summed E-state index contributed by atoms with van der Waals surface area (Å²) in [5.74, 6) is 0.0578. The van der Waals surface area contributed by atoms with Gasteiger partial charge in [-0.05, 0) is 31.7 Å². The van der Waals surface area contributed by atoms with Crippen molar-refractivity contribution in [3.05, 3.63) is 35.6 Å². The van der Waals surface area contributed by atoms with Gasteiger partial charge >= 0.3 is 0 Å². The van der Waals surface area contributed by atoms with Crippen molar-refractivity contribution in [1.82, 2.24) is 5.32 Å². The van der Waals surface area contributed by atoms with Gasteiger partial charge in [0, 0.05) is 11.5 Å². The molecule has 0 heterocycles. The van der Waals surface area contributed by atoms with Crippen molar-refractivity contribution in [2.24, 2.45) is 5.92 Å². The van der Waals surface area contributed by atoms with Crippen LogP contribution < -0.4 is 5.32 Å². The van der Waals surface area contributed by atoms with Crippen molar-refractivity contribution >= 4 is 5.91 Å². The summed E-state index contributed by atoms with van der Waals surface area (Å²) in [5, 5.41) is 3.12. The lowest BCUT2D eigenvalue weighted by Gasteiger charge is -2.25. The molecule has 0 aromatic heterocycles. The molecule has 1 N–H and O–H groups in total. The summed E-state index contributed by atoms with van der Waals surface area (Å²) in [6, 6.07) is 6.80. The third kappa shape index (κ3) is 2.51. The molecule has 1 aromatic rings. The topological polar surface area (TPSA) is 29.1 Å². The van der Waals surface area contributed by atoms with E-state index in [2.05, 4.69) is 5.32 Å². The molecule has 0 spiro atoms. The molecule has 0 saturated heterocycles. The van der Waals surface area contributed by atoms with Crippen molar-refractivity contribution in [3.8, 4) is 0 Å². The summed E-state index contributed by atoms with van der Waals surface area (Å²) in [6.45, 7) is 0. The van der Waals surface area contributed by atoms with Crippen LogP contribution in [0.15, 0.2) is 24.3 Å². The van der Waals surface area contributed by atoms with Crippen molar-refractivity contribution in [2.45, 2.75) is 50.5 Å². The lowest BCUT2D eigenvalue weighted by Crippen LogP contribution is -2.40. The zero-order valence-electron chi connectivity index (χ0n) is 11.1. The molecule has 0 aliphatic heterocycles. The molecule has 102 valence electrons. The largest absolute Gasteiger partial charge is 0.346 e. The second-order valence-corrected chi connectivity index (χ2v) is 5.89. The first-order chi connectivity index (χ1) is 9.21. The lowest BCUT2D eigenvalue weighted by molar-refractivity contribution is -0.127. The first-order valence-electron chi connectivity index (χ1n) is 7.28. The quantitative estimate of drug-likeness (QED) is 0.886. The Morgan fingerprint density at radius 2 is 1.84 bits per heavy atom. The van der Waals surface area contributed by atoms with Crippen molar-refractivity contribution in [3.63, 3.8) is 0 Å². The maximum Gasteiger partial charge on any atom is 0.223 e. The minimum Gasteiger partial charge on any atom is -0.346 e. The molecule has 19 heavy (non-hydrogen) atoms. The van der Waals surface area contributed by atoms with Gasteiger partial charge < -0.3 is 5.32 Å². The van der Waals surface area contributed by atoms with E-state index in [1.54, 1.807) is 12.1 Å². The molecule has 2 fully saturated rings. The molecule has 1 aromatic carbocycles. The number of amides is 1. The number of rotatable bonds is 3. The van der Waals surface area contributed by atoms with Gasteiger partial charge in [-0.15, -0.1) is 0 Å². The summed E-state index contributed by atoms with van der Waals surface area (Å²) in [5.41, 5.74) is 0.235. The molecule has 3 rings (SSSR count). The smallest absolute Gasteiger partial charge is 0.223 e. The summed E-state index contributed by atoms with van der Waals surface area (Å²) in [6.07, 6.45) is 7.20. The summed E-state index contributed by atoms with van der Waals surface area (Å²) in [4.78, 5) is 12.3. The number of halogens is 1. The van der Waals surface area contributed by atoms with Gasteiger partial charge in [0.25, 0.3) is 0 Å². The maximum absolute atomic E-state index is 13.9. The fraction of sp³-hybridized carbons (Fsp3) is 0.562. The van der Waals surface area contributed by atoms with E-state index in [9.17, 15) is 9.18 Å². The van der Waals surface area contributed by atoms with Crippen LogP contribution in [0.3, 0.4) is 0 Å². The molecule has 0 radical (unpaired) electrons. The van der Waals surface area contributed by atoms with Crippen molar-refractivity contribution < 1.29 is 9.18 Å². The van der Waals surface area contributed by atoms with Gasteiger partial charge in [0.05, 0.1) is 5.54 Å². The van der Waals surface area contributed by atoms with Gasteiger partial charge in [0.15, 0.2) is 0 Å². The number of hydrogen-bond acceptors (Lipinski definition) is 1. The molecule has 2 aliphatic rings. The molecule has 0 bridgehead atoms. The Labute approximate surface area is 113 Å². The second kappa shape index (κ2) is 4.95. The fourth-order valence-electron chi connectivity index (χ4n) is 3.14. The molecular weight excluding hydrogens is 241 g/mol. The van der Waals surface area contributed by atoms with Crippen LogP contribution in [0.5, 0.6) is 0 Å². The van der Waals surface area contributed by atoms with Gasteiger partial charge in [0.1, 0.15) is 5.82 Å². The Morgan fingerprint density at radius 3 is 2.47 bits per heavy atom. The van der Waals surface area contributed by atoms with Gasteiger partial charge in [-0.3, -0.25) is 4.79 Å². The Kier molecular flexibility index (Phi) is 3.29. The van der Waals surface area contributed by atoms with Gasteiger partial charge in [-0.1, -0.05) is 37.5 Å². The first kappa shape index (κ1) is 12.6. The predicted molar refractivity (Wildman–Crippen MR) is 72.0 cm³/mol. The molecule has 2 nitrogen and oxygen atoms in total. The molecule has 2 aliphatic carbocycles. The van der Waals surface area contributed by atoms with E-state index in [1.807, 2.05) is 6.07 Å². The third-order valence-electron chi connectivity index (χ3n) is 4.48. The average molecular weight is 261 g/mol. The number of nitrogens with one attached hydrogen (secondary N) is 1. The average Bonchev–Trinajstić information content (AvgIpc) is 3.21. The molecule has 3 heteroatoms. The highest BCUT2D eigenvalue weighted by atomic mass is 19.1. The predicted octanol–water partition coefficient (Wildman–Crippen LogP) is 3.51. The lowest BCUT2D eigenvalue weighted by atomic mass is 9.88. The van der Waals surface area contributed by atoms with Crippen LogP contribution in [-0.2, 0) is 10.3 Å². The summed E-state index contributed by atoms with van der Waals surface area (Å²) < 4.78 is 13.9. The minimum atomic E-state index is -0.417. The molecule has 1 amide bonds. The van der Waals surface area contributed by atoms with Crippen molar-refractivity contribution in [2.75, 3.05) is 0 Å². The van der Waals surface area contributed by atoms with Gasteiger partial charge in [-0.2, -0.15) is 0 Å². The number of benzene rings is 1. The standard InChI is InChI=1S/C16H20FNO/c17-14-9-5-4-8-13(14)16(10-11-16)18-15(19)12-6-2-1-3-7-12/h4-5,8-9,12H,1-3,6-7,10-11H2,(H,18,19). The number of hydrogen-bond donors (Lipinski definition) is 1. The zero-order valence-corrected chi connectivity index (χ0v) is 11.1. The van der Waals surface area contributed by atoms with Crippen LogP contribution in [0, 0.1) is 11.7 Å². The third-order valence-corrected chi connectivity index (χ3v) is 4.48. The van der Waals surface area contributed by atoms with E-state index in [0.717, 1.165) is 38.5 Å². The van der Waals surface area contributed by atoms with Crippen LogP contribution in [0.2, 0.25) is 0 Å². The van der Waals surface area contributed by atoms with Gasteiger partial charge in [-0.25, -0.2) is 4.39 Å². The zero-order chi connectivity index (χ0) is 13.3. The maximum atomic E-state index is 13.9. The number of carbonyl (C=O) groups excluding carboxylic acids is 1. The van der Waals surface area contributed by atoms with Crippen LogP contribution in [0.1, 0.15) is 50.5 Å². The van der Waals surface area contributed by atoms with E-state index in [4.69, 9.17) is 0 Å². The van der Waals surface area contributed by atoms with Crippen LogP contribution in [0.4, 0.5) is 4.39 Å². The first-order valence-corrected chi connectivity index (χ1v) is 7.28. The van der Waals surface area contributed by atoms with E-state index in [0.29, 0.717) is 5.56 Å². The van der Waals surface area contributed by atoms with Crippen LogP contribution in [-0.4, -0.2) is 5.91 Å². The summed E-state index contributed by atoms with van der Waals surface area (Å²) >= 11 is 0. The highest BCUT2D eigenvalue weighted by Crippen LogP contribution is 2.46. The highest BCUT2D eigenvalue weighted by molar-refractivity contribution is 5.80. The monoisotopic (exact) mass is 261 g/mol. The fourth-order valence-corrected chi connectivity index (χ4v) is 3.14. The van der Waals surface area contributed by atoms with Crippen LogP contribution >= 0.6 is 0 Å². The Bertz CT molecular complexity index is 475. The van der Waals surface area contributed by atoms with Gasteiger partial charge in [0.2, 0.25) is 5.91 Å². The molecule has 0 atom stereocenters. The summed E-state index contributed by atoms with van der Waals surface area (Å²) in [7, 11) is 0. The Morgan fingerprint density at radius 1 is 1.16 bits per heavy atom. The highest BCUT2D eigenvalue weighted by Gasteiger charge is 2.47. The van der Waals surface area contributed by atoms with E-state index < -0.39 is 5.54 Å². The van der Waals surface area contributed by atoms with Crippen LogP contribution in [0.25, 0.3) is 0 Å².